The Labute approximate surface area is 107 Å². The molecule has 3 aliphatic rings. The molecule has 5 nitrogen and oxygen atoms in total. The van der Waals surface area contributed by atoms with Crippen LogP contribution in [-0.2, 0) is 14.3 Å². The largest absolute Gasteiger partial charge is 0.530 e. The Balaban J connectivity index is 1.77. The molecule has 5 heteroatoms. The van der Waals surface area contributed by atoms with Gasteiger partial charge in [0.2, 0.25) is 5.79 Å². The van der Waals surface area contributed by atoms with Crippen molar-refractivity contribution in [3.63, 3.8) is 0 Å². The highest BCUT2D eigenvalue weighted by atomic mass is 16.9. The fourth-order valence-corrected chi connectivity index (χ4v) is 3.28. The molecule has 2 aliphatic carbocycles. The molecule has 2 saturated carbocycles. The average Bonchev–Trinajstić information content (AvgIpc) is 2.37. The van der Waals surface area contributed by atoms with Crippen LogP contribution in [0.2, 0.25) is 0 Å². The first kappa shape index (κ1) is 12.2. The molecule has 1 saturated heterocycles. The molecule has 0 bridgehead atoms. The van der Waals surface area contributed by atoms with Crippen molar-refractivity contribution in [1.29, 1.82) is 0 Å². The number of hydroxylamine groups is 1. The van der Waals surface area contributed by atoms with E-state index in [0.717, 1.165) is 44.9 Å². The van der Waals surface area contributed by atoms with E-state index in [1.165, 1.54) is 12.8 Å². The van der Waals surface area contributed by atoms with Crippen molar-refractivity contribution >= 4 is 6.16 Å². The first-order valence-corrected chi connectivity index (χ1v) is 7.11. The maximum atomic E-state index is 11.6. The molecule has 0 amide bonds. The summed E-state index contributed by atoms with van der Waals surface area (Å²) < 4.78 is 11.6. The number of carbonyl (C=O) groups excluding carboxylic acids is 1. The van der Waals surface area contributed by atoms with E-state index in [4.69, 9.17) is 14.3 Å². The number of ether oxygens (including phenoxy) is 2. The molecule has 102 valence electrons. The first-order valence-electron chi connectivity index (χ1n) is 7.11. The lowest BCUT2D eigenvalue weighted by Gasteiger charge is -2.43. The number of hydrogen-bond acceptors (Lipinski definition) is 5. The van der Waals surface area contributed by atoms with E-state index in [1.54, 1.807) is 0 Å². The monoisotopic (exact) mass is 255 g/mol. The second-order valence-electron chi connectivity index (χ2n) is 5.59. The van der Waals surface area contributed by atoms with Crippen LogP contribution in [0, 0.1) is 0 Å². The van der Waals surface area contributed by atoms with Crippen LogP contribution in [0.25, 0.3) is 0 Å². The van der Waals surface area contributed by atoms with Crippen LogP contribution >= 0.6 is 0 Å². The van der Waals surface area contributed by atoms with Crippen LogP contribution < -0.4 is 5.48 Å². The zero-order chi connectivity index (χ0) is 12.4. The lowest BCUT2D eigenvalue weighted by molar-refractivity contribution is -0.279. The lowest BCUT2D eigenvalue weighted by atomic mass is 9.90. The molecule has 1 aliphatic heterocycles. The molecule has 0 aromatic rings. The SMILES string of the molecule is O=C1ON[C@H]2CCCC[C@@H]2OC2(CCCCC2)O1. The zero-order valence-corrected chi connectivity index (χ0v) is 10.7. The summed E-state index contributed by atoms with van der Waals surface area (Å²) in [6.45, 7) is 0. The Morgan fingerprint density at radius 3 is 2.67 bits per heavy atom. The van der Waals surface area contributed by atoms with E-state index in [2.05, 4.69) is 5.48 Å². The van der Waals surface area contributed by atoms with E-state index < -0.39 is 11.9 Å². The molecule has 1 N–H and O–H groups in total. The van der Waals surface area contributed by atoms with Gasteiger partial charge in [-0.2, -0.15) is 0 Å². The minimum Gasteiger partial charge on any atom is -0.400 e. The second-order valence-corrected chi connectivity index (χ2v) is 5.59. The van der Waals surface area contributed by atoms with Crippen LogP contribution in [0.4, 0.5) is 4.79 Å². The normalized spacial score (nSPS) is 35.9. The van der Waals surface area contributed by atoms with Crippen LogP contribution in [0.3, 0.4) is 0 Å². The van der Waals surface area contributed by atoms with E-state index in [0.29, 0.717) is 0 Å². The third-order valence-electron chi connectivity index (χ3n) is 4.25. The number of hydrogen-bond donors (Lipinski definition) is 1. The van der Waals surface area contributed by atoms with Crippen LogP contribution in [0.5, 0.6) is 0 Å². The molecule has 3 fully saturated rings. The smallest absolute Gasteiger partial charge is 0.400 e. The van der Waals surface area contributed by atoms with E-state index >= 15 is 0 Å². The molecule has 1 spiro atoms. The quantitative estimate of drug-likeness (QED) is 0.674. The third-order valence-corrected chi connectivity index (χ3v) is 4.25. The average molecular weight is 255 g/mol. The van der Waals surface area contributed by atoms with Gasteiger partial charge in [0.1, 0.15) is 0 Å². The third kappa shape index (κ3) is 2.47. The zero-order valence-electron chi connectivity index (χ0n) is 10.7. The van der Waals surface area contributed by atoms with E-state index in [-0.39, 0.29) is 12.1 Å². The summed E-state index contributed by atoms with van der Waals surface area (Å²) >= 11 is 0. The molecule has 3 rings (SSSR count). The van der Waals surface area contributed by atoms with Gasteiger partial charge in [0, 0.05) is 12.8 Å². The van der Waals surface area contributed by atoms with Gasteiger partial charge in [0.05, 0.1) is 12.1 Å². The molecule has 0 radical (unpaired) electrons. The molecular formula is C13H21NO4. The van der Waals surface area contributed by atoms with Gasteiger partial charge in [0.15, 0.2) is 0 Å². The van der Waals surface area contributed by atoms with Gasteiger partial charge in [-0.1, -0.05) is 19.3 Å². The second kappa shape index (κ2) is 5.05. The maximum Gasteiger partial charge on any atom is 0.530 e. The van der Waals surface area contributed by atoms with E-state index in [1.807, 2.05) is 0 Å². The standard InChI is InChI=1S/C13H21NO4/c15-12-17-13(8-4-1-5-9-13)16-11-7-3-2-6-10(11)14-18-12/h10-11,14H,1-9H2/t10-,11-/m0/s1. The first-order chi connectivity index (χ1) is 8.77. The van der Waals surface area contributed by atoms with Gasteiger partial charge in [-0.05, 0) is 25.7 Å². The van der Waals surface area contributed by atoms with E-state index in [9.17, 15) is 4.79 Å². The van der Waals surface area contributed by atoms with Gasteiger partial charge >= 0.3 is 6.16 Å². The number of rotatable bonds is 0. The summed E-state index contributed by atoms with van der Waals surface area (Å²) in [7, 11) is 0. The predicted molar refractivity (Wildman–Crippen MR) is 63.6 cm³/mol. The van der Waals surface area contributed by atoms with Crippen molar-refractivity contribution in [2.24, 2.45) is 0 Å². The number of nitrogens with one attached hydrogen (secondary N) is 1. The number of fused-ring (bicyclic) bond motifs is 1. The van der Waals surface area contributed by atoms with Crippen molar-refractivity contribution in [2.45, 2.75) is 75.7 Å². The molecule has 0 unspecified atom stereocenters. The summed E-state index contributed by atoms with van der Waals surface area (Å²) in [6, 6.07) is 0.116. The molecule has 0 aromatic carbocycles. The minimum atomic E-state index is -0.725. The molecule has 0 aromatic heterocycles. The fraction of sp³-hybridized carbons (Fsp3) is 0.923. The van der Waals surface area contributed by atoms with Gasteiger partial charge in [-0.25, -0.2) is 4.79 Å². The molecule has 18 heavy (non-hydrogen) atoms. The van der Waals surface area contributed by atoms with Gasteiger partial charge in [-0.3, -0.25) is 0 Å². The summed E-state index contributed by atoms with van der Waals surface area (Å²) in [5.41, 5.74) is 2.80. The highest BCUT2D eigenvalue weighted by Crippen LogP contribution is 2.37. The molecule has 2 atom stereocenters. The van der Waals surface area contributed by atoms with Crippen LogP contribution in [0.15, 0.2) is 0 Å². The Morgan fingerprint density at radius 2 is 1.83 bits per heavy atom. The highest BCUT2D eigenvalue weighted by Gasteiger charge is 2.44. The van der Waals surface area contributed by atoms with Crippen molar-refractivity contribution in [3.05, 3.63) is 0 Å². The number of carbonyl (C=O) groups is 1. The van der Waals surface area contributed by atoms with Crippen LogP contribution in [0.1, 0.15) is 57.8 Å². The van der Waals surface area contributed by atoms with Crippen molar-refractivity contribution < 1.29 is 19.1 Å². The Bertz CT molecular complexity index is 314. The maximum absolute atomic E-state index is 11.6. The van der Waals surface area contributed by atoms with Gasteiger partial charge < -0.3 is 14.3 Å². The minimum absolute atomic E-state index is 0.102. The van der Waals surface area contributed by atoms with Crippen molar-refractivity contribution in [3.8, 4) is 0 Å². The highest BCUT2D eigenvalue weighted by molar-refractivity contribution is 5.60. The Morgan fingerprint density at radius 1 is 1.06 bits per heavy atom. The Hall–Kier alpha value is -0.810. The topological polar surface area (TPSA) is 56.8 Å². The summed E-state index contributed by atoms with van der Waals surface area (Å²) in [6.07, 6.45) is 8.68. The molecular weight excluding hydrogens is 234 g/mol. The fourth-order valence-electron chi connectivity index (χ4n) is 3.28. The lowest BCUT2D eigenvalue weighted by Crippen LogP contribution is -2.54. The predicted octanol–water partition coefficient (Wildman–Crippen LogP) is 2.65. The summed E-state index contributed by atoms with van der Waals surface area (Å²) in [5, 5.41) is 0. The summed E-state index contributed by atoms with van der Waals surface area (Å²) in [4.78, 5) is 16.6. The van der Waals surface area contributed by atoms with Gasteiger partial charge in [0.25, 0.3) is 0 Å². The van der Waals surface area contributed by atoms with Crippen molar-refractivity contribution in [1.82, 2.24) is 5.48 Å². The van der Waals surface area contributed by atoms with Gasteiger partial charge in [-0.15, -0.1) is 5.48 Å². The molecule has 1 heterocycles. The summed E-state index contributed by atoms with van der Waals surface area (Å²) in [5.74, 6) is -0.725. The Kier molecular flexibility index (Phi) is 3.43. The van der Waals surface area contributed by atoms with Crippen molar-refractivity contribution in [2.75, 3.05) is 0 Å². The van der Waals surface area contributed by atoms with Crippen LogP contribution in [-0.4, -0.2) is 24.1 Å².